The molecule has 0 N–H and O–H groups in total. The summed E-state index contributed by atoms with van der Waals surface area (Å²) < 4.78 is 11.3. The van der Waals surface area contributed by atoms with E-state index in [1.54, 1.807) is 0 Å². The van der Waals surface area contributed by atoms with Crippen LogP contribution in [0.1, 0.15) is 0 Å². The Morgan fingerprint density at radius 1 is 0.537 bits per heavy atom. The van der Waals surface area contributed by atoms with Crippen molar-refractivity contribution in [3.63, 3.8) is 0 Å². The van der Waals surface area contributed by atoms with E-state index in [-0.39, 0.29) is 5.43 Å². The van der Waals surface area contributed by atoms with E-state index in [4.69, 9.17) is 4.42 Å². The van der Waals surface area contributed by atoms with Crippen LogP contribution in [0.25, 0.3) is 78.1 Å². The van der Waals surface area contributed by atoms with Crippen molar-refractivity contribution in [2.24, 2.45) is 0 Å². The zero-order valence-corrected chi connectivity index (χ0v) is 24.1. The quantitative estimate of drug-likeness (QED) is 0.140. The summed E-state index contributed by atoms with van der Waals surface area (Å²) in [5.41, 5.74) is 7.44. The summed E-state index contributed by atoms with van der Waals surface area (Å²) in [6.45, 7) is 0. The van der Waals surface area contributed by atoms with Crippen molar-refractivity contribution >= 4 is 81.8 Å². The second kappa shape index (κ2) is 8.69. The summed E-state index contributed by atoms with van der Waals surface area (Å²) in [4.78, 5) is 13.3. The summed E-state index contributed by atoms with van der Waals surface area (Å²) >= 11 is -0.702. The Balaban J connectivity index is 1.30. The van der Waals surface area contributed by atoms with Gasteiger partial charge in [-0.3, -0.25) is 0 Å². The van der Waals surface area contributed by atoms with E-state index in [9.17, 15) is 4.79 Å². The van der Waals surface area contributed by atoms with E-state index in [0.29, 0.717) is 21.9 Å². The van der Waals surface area contributed by atoms with Crippen molar-refractivity contribution in [3.05, 3.63) is 138 Å². The predicted molar refractivity (Wildman–Crippen MR) is 172 cm³/mol. The molecule has 9 rings (SSSR count). The van der Waals surface area contributed by atoms with Gasteiger partial charge in [0.25, 0.3) is 0 Å². The van der Waals surface area contributed by atoms with Crippen molar-refractivity contribution in [1.29, 1.82) is 0 Å². The van der Waals surface area contributed by atoms with Crippen LogP contribution >= 0.6 is 0 Å². The first kappa shape index (κ1) is 23.1. The molecular weight excluding hydrogens is 618 g/mol. The van der Waals surface area contributed by atoms with Gasteiger partial charge >= 0.3 is 245 Å². The molecule has 0 bridgehead atoms. The molecule has 0 saturated carbocycles. The maximum atomic E-state index is 13.3. The van der Waals surface area contributed by atoms with Gasteiger partial charge in [-0.2, -0.15) is 0 Å². The van der Waals surface area contributed by atoms with E-state index in [1.807, 2.05) is 24.3 Å². The van der Waals surface area contributed by atoms with Gasteiger partial charge in [-0.15, -0.1) is 0 Å². The Hall–Kier alpha value is -4.62. The Morgan fingerprint density at radius 2 is 1.29 bits per heavy atom. The first-order valence-corrected chi connectivity index (χ1v) is 16.0. The average molecular weight is 639 g/mol. The summed E-state index contributed by atoms with van der Waals surface area (Å²) in [5.74, 6) is 0. The molecule has 0 radical (unpaired) electrons. The van der Waals surface area contributed by atoms with Gasteiger partial charge in [0.1, 0.15) is 0 Å². The molecule has 3 heterocycles. The van der Waals surface area contributed by atoms with E-state index < -0.39 is 20.4 Å². The molecule has 3 nitrogen and oxygen atoms in total. The van der Waals surface area contributed by atoms with Crippen molar-refractivity contribution in [2.75, 3.05) is 0 Å². The fourth-order valence-electron chi connectivity index (χ4n) is 6.32. The molecule has 0 fully saturated rings. The summed E-state index contributed by atoms with van der Waals surface area (Å²) in [7, 11) is 0. The summed E-state index contributed by atoms with van der Waals surface area (Å²) in [6, 6.07) is 44.5. The molecule has 3 aromatic heterocycles. The van der Waals surface area contributed by atoms with E-state index >= 15 is 0 Å². The maximum absolute atomic E-state index is 13.3. The van der Waals surface area contributed by atoms with Crippen LogP contribution in [-0.2, 0) is 0 Å². The van der Waals surface area contributed by atoms with Gasteiger partial charge in [0.15, 0.2) is 0 Å². The first-order chi connectivity index (χ1) is 20.2. The molecule has 6 aromatic carbocycles. The Bertz CT molecular complexity index is 2550. The summed E-state index contributed by atoms with van der Waals surface area (Å²) in [6.07, 6.45) is 0. The van der Waals surface area contributed by atoms with Crippen LogP contribution in [0.3, 0.4) is 0 Å². The number of rotatable bonds is 2. The Labute approximate surface area is 244 Å². The zero-order chi connectivity index (χ0) is 27.1. The van der Waals surface area contributed by atoms with Crippen LogP contribution in [-0.4, -0.2) is 25.0 Å². The van der Waals surface area contributed by atoms with Gasteiger partial charge in [0, 0.05) is 0 Å². The fourth-order valence-corrected chi connectivity index (χ4v) is 9.91. The SMILES string of the molecule is O=c1c2ccccc2oc2cc3c(cc12)[te]c1c(-c2ccc4c(c2)c2ccccc2n4-c2ccccc2)cccc13. The molecule has 192 valence electrons. The van der Waals surface area contributed by atoms with Gasteiger partial charge in [-0.05, 0) is 0 Å². The number of para-hydroxylation sites is 3. The van der Waals surface area contributed by atoms with Crippen molar-refractivity contribution in [2.45, 2.75) is 0 Å². The summed E-state index contributed by atoms with van der Waals surface area (Å²) in [5, 5.41) is 6.30. The minimum absolute atomic E-state index is 0.0496. The molecule has 0 unspecified atom stereocenters. The number of benzene rings is 6. The van der Waals surface area contributed by atoms with Gasteiger partial charge < -0.3 is 0 Å². The van der Waals surface area contributed by atoms with Crippen molar-refractivity contribution < 1.29 is 4.42 Å². The van der Waals surface area contributed by atoms with Crippen LogP contribution in [0.4, 0.5) is 0 Å². The molecule has 0 spiro atoms. The van der Waals surface area contributed by atoms with Crippen LogP contribution < -0.4 is 5.43 Å². The zero-order valence-electron chi connectivity index (χ0n) is 21.8. The van der Waals surface area contributed by atoms with Crippen molar-refractivity contribution in [1.82, 2.24) is 4.57 Å². The van der Waals surface area contributed by atoms with Crippen molar-refractivity contribution in [3.8, 4) is 16.8 Å². The number of hydrogen-bond acceptors (Lipinski definition) is 2. The second-order valence-electron chi connectivity index (χ2n) is 10.5. The Morgan fingerprint density at radius 3 is 2.20 bits per heavy atom. The second-order valence-corrected chi connectivity index (χ2v) is 13.5. The standard InChI is InChI=1S/C37H21NO2Te/c39-36-27-12-5-7-16-33(27)40-34-20-29-26-14-8-13-24(37(26)41-35(29)21-30(34)36)22-17-18-32-28(19-22)25-11-4-6-15-31(25)38(32)23-9-2-1-3-10-23/h1-21H. The third-order valence-electron chi connectivity index (χ3n) is 8.19. The molecule has 4 heteroatoms. The third-order valence-corrected chi connectivity index (χ3v) is 11.6. The van der Waals surface area contributed by atoms with Gasteiger partial charge in [0.05, 0.1) is 0 Å². The van der Waals surface area contributed by atoms with E-state index in [0.717, 1.165) is 5.69 Å². The van der Waals surface area contributed by atoms with Gasteiger partial charge in [0.2, 0.25) is 0 Å². The topological polar surface area (TPSA) is 35.1 Å². The van der Waals surface area contributed by atoms with Crippen LogP contribution in [0, 0.1) is 0 Å². The predicted octanol–water partition coefficient (Wildman–Crippen LogP) is 9.07. The Kier molecular flexibility index (Phi) is 4.90. The van der Waals surface area contributed by atoms with Gasteiger partial charge in [-0.25, -0.2) is 0 Å². The van der Waals surface area contributed by atoms with Crippen LogP contribution in [0.5, 0.6) is 0 Å². The molecule has 0 saturated heterocycles. The first-order valence-electron chi connectivity index (χ1n) is 13.6. The molecule has 0 aliphatic carbocycles. The molecule has 0 aliphatic rings. The normalized spacial score (nSPS) is 12.0. The van der Waals surface area contributed by atoms with Crippen LogP contribution in [0.15, 0.2) is 137 Å². The monoisotopic (exact) mass is 641 g/mol. The van der Waals surface area contributed by atoms with E-state index in [2.05, 4.69) is 108 Å². The third kappa shape index (κ3) is 3.36. The molecular formula is C37H21NO2Te. The number of nitrogens with zero attached hydrogens (tertiary/aromatic N) is 1. The molecule has 0 aliphatic heterocycles. The molecule has 41 heavy (non-hydrogen) atoms. The molecule has 0 amide bonds. The average Bonchev–Trinajstić information content (AvgIpc) is 3.56. The molecule has 0 atom stereocenters. The number of aromatic nitrogens is 1. The van der Waals surface area contributed by atoms with E-state index in [1.165, 1.54) is 50.5 Å². The number of fused-ring (bicyclic) bond motifs is 8. The van der Waals surface area contributed by atoms with Crippen LogP contribution in [0.2, 0.25) is 0 Å². The number of hydrogen-bond donors (Lipinski definition) is 0. The fraction of sp³-hybridized carbons (Fsp3) is 0. The minimum atomic E-state index is -0.702. The molecule has 9 aromatic rings. The van der Waals surface area contributed by atoms with Gasteiger partial charge in [-0.1, -0.05) is 0 Å².